The maximum atomic E-state index is 12.7. The summed E-state index contributed by atoms with van der Waals surface area (Å²) in [6.45, 7) is 7.14. The van der Waals surface area contributed by atoms with Crippen LogP contribution in [0.2, 0.25) is 0 Å². The molecule has 8 heteroatoms. The maximum absolute atomic E-state index is 12.7. The summed E-state index contributed by atoms with van der Waals surface area (Å²) in [7, 11) is 0. The first-order chi connectivity index (χ1) is 14.0. The predicted molar refractivity (Wildman–Crippen MR) is 109 cm³/mol. The lowest BCUT2D eigenvalue weighted by Crippen LogP contribution is -2.37. The second kappa shape index (κ2) is 10.8. The maximum Gasteiger partial charge on any atom is 0.290 e. The van der Waals surface area contributed by atoms with Gasteiger partial charge in [0.15, 0.2) is 0 Å². The fraction of sp³-hybridized carbons (Fsp3) is 0.571. The van der Waals surface area contributed by atoms with E-state index in [0.717, 1.165) is 64.2 Å². The molecule has 0 radical (unpaired) electrons. The van der Waals surface area contributed by atoms with Crippen molar-refractivity contribution in [3.05, 3.63) is 29.8 Å². The van der Waals surface area contributed by atoms with Crippen LogP contribution in [0, 0.1) is 5.41 Å². The second-order valence-electron chi connectivity index (χ2n) is 7.54. The number of carbonyl (C=O) groups excluding carboxylic acids is 2. The Hall–Kier alpha value is -2.61. The summed E-state index contributed by atoms with van der Waals surface area (Å²) in [4.78, 5) is 36.6. The lowest BCUT2D eigenvalue weighted by molar-refractivity contribution is -0.135. The Morgan fingerprint density at radius 3 is 2.52 bits per heavy atom. The van der Waals surface area contributed by atoms with E-state index in [1.807, 2.05) is 4.90 Å². The van der Waals surface area contributed by atoms with Crippen LogP contribution in [-0.4, -0.2) is 72.5 Å². The molecule has 29 heavy (non-hydrogen) atoms. The summed E-state index contributed by atoms with van der Waals surface area (Å²) in [6, 6.07) is 6.89. The lowest BCUT2D eigenvalue weighted by atomic mass is 9.85. The van der Waals surface area contributed by atoms with E-state index in [9.17, 15) is 9.59 Å². The van der Waals surface area contributed by atoms with Gasteiger partial charge in [-0.3, -0.25) is 14.4 Å². The molecular formula is C21H31N3O5. The Bertz CT molecular complexity index is 694. The summed E-state index contributed by atoms with van der Waals surface area (Å²) in [5, 5.41) is 6.89. The predicted octanol–water partition coefficient (Wildman–Crippen LogP) is 1.59. The van der Waals surface area contributed by atoms with Crippen molar-refractivity contribution >= 4 is 18.3 Å². The summed E-state index contributed by atoms with van der Waals surface area (Å²) in [6.07, 6.45) is 3.94. The first-order valence-corrected chi connectivity index (χ1v) is 10.1. The lowest BCUT2D eigenvalue weighted by Gasteiger charge is -2.23. The molecule has 2 amide bonds. The van der Waals surface area contributed by atoms with Crippen LogP contribution in [0.25, 0.3) is 0 Å². The molecule has 2 aliphatic heterocycles. The first kappa shape index (κ1) is 22.7. The van der Waals surface area contributed by atoms with Crippen molar-refractivity contribution in [2.45, 2.75) is 32.6 Å². The second-order valence-corrected chi connectivity index (χ2v) is 7.54. The van der Waals surface area contributed by atoms with Crippen molar-refractivity contribution in [3.8, 4) is 5.75 Å². The van der Waals surface area contributed by atoms with Gasteiger partial charge in [0.05, 0.1) is 12.0 Å². The van der Waals surface area contributed by atoms with Crippen LogP contribution < -0.4 is 10.5 Å². The number of hydrogen-bond donors (Lipinski definition) is 2. The fourth-order valence-electron chi connectivity index (χ4n) is 4.10. The molecule has 1 aromatic carbocycles. The minimum atomic E-state index is -0.432. The van der Waals surface area contributed by atoms with Gasteiger partial charge in [0, 0.05) is 31.7 Å². The van der Waals surface area contributed by atoms with Crippen LogP contribution >= 0.6 is 0 Å². The van der Waals surface area contributed by atoms with E-state index in [1.165, 1.54) is 0 Å². The standard InChI is InChI=1S/C20H29N3O3.CH2O2/c1-2-10-23-13-9-20(19(23)25)8-12-22(15-20)11-3-14-26-17-6-4-16(5-7-17)18(21)24;2-1-3/h4-7H,2-3,8-15H2,1H3,(H2,21,24);1H,(H,2,3). The molecule has 2 fully saturated rings. The molecule has 1 spiro atoms. The Morgan fingerprint density at radius 1 is 1.24 bits per heavy atom. The van der Waals surface area contributed by atoms with Crippen molar-refractivity contribution in [2.24, 2.45) is 11.1 Å². The van der Waals surface area contributed by atoms with Gasteiger partial charge in [0.25, 0.3) is 6.47 Å². The van der Waals surface area contributed by atoms with Gasteiger partial charge in [-0.25, -0.2) is 0 Å². The van der Waals surface area contributed by atoms with E-state index in [4.69, 9.17) is 20.4 Å². The fourth-order valence-corrected chi connectivity index (χ4v) is 4.10. The van der Waals surface area contributed by atoms with Gasteiger partial charge in [0.1, 0.15) is 5.75 Å². The van der Waals surface area contributed by atoms with Crippen LogP contribution in [0.4, 0.5) is 0 Å². The first-order valence-electron chi connectivity index (χ1n) is 10.1. The highest BCUT2D eigenvalue weighted by Crippen LogP contribution is 2.40. The molecule has 1 unspecified atom stereocenters. The molecule has 0 saturated carbocycles. The molecule has 8 nitrogen and oxygen atoms in total. The van der Waals surface area contributed by atoms with E-state index in [0.29, 0.717) is 18.1 Å². The zero-order valence-electron chi connectivity index (χ0n) is 17.0. The number of rotatable bonds is 8. The van der Waals surface area contributed by atoms with Crippen molar-refractivity contribution in [3.63, 3.8) is 0 Å². The van der Waals surface area contributed by atoms with Gasteiger partial charge in [-0.05, 0) is 56.5 Å². The van der Waals surface area contributed by atoms with Crippen LogP contribution in [0.1, 0.15) is 43.0 Å². The largest absolute Gasteiger partial charge is 0.494 e. The molecule has 0 bridgehead atoms. The minimum Gasteiger partial charge on any atom is -0.494 e. The third-order valence-electron chi connectivity index (χ3n) is 5.55. The number of amides is 2. The zero-order valence-corrected chi connectivity index (χ0v) is 17.0. The Morgan fingerprint density at radius 2 is 1.90 bits per heavy atom. The van der Waals surface area contributed by atoms with Crippen molar-refractivity contribution in [1.82, 2.24) is 9.80 Å². The van der Waals surface area contributed by atoms with Gasteiger partial charge in [-0.2, -0.15) is 0 Å². The summed E-state index contributed by atoms with van der Waals surface area (Å²) >= 11 is 0. The summed E-state index contributed by atoms with van der Waals surface area (Å²) in [5.41, 5.74) is 5.59. The Kier molecular flexibility index (Phi) is 8.45. The Balaban J connectivity index is 0.000000941. The van der Waals surface area contributed by atoms with E-state index in [2.05, 4.69) is 11.8 Å². The van der Waals surface area contributed by atoms with Crippen LogP contribution in [0.15, 0.2) is 24.3 Å². The molecule has 2 aliphatic rings. The quantitative estimate of drug-likeness (QED) is 0.502. The molecule has 2 heterocycles. The van der Waals surface area contributed by atoms with Gasteiger partial charge in [-0.1, -0.05) is 6.92 Å². The topological polar surface area (TPSA) is 113 Å². The van der Waals surface area contributed by atoms with Crippen LogP contribution in [-0.2, 0) is 9.59 Å². The van der Waals surface area contributed by atoms with E-state index < -0.39 is 5.91 Å². The number of primary amides is 1. The number of carbonyl (C=O) groups is 3. The molecule has 2 saturated heterocycles. The third-order valence-corrected chi connectivity index (χ3v) is 5.55. The molecule has 3 N–H and O–H groups in total. The normalized spacial score (nSPS) is 21.1. The van der Waals surface area contributed by atoms with Crippen LogP contribution in [0.3, 0.4) is 0 Å². The number of hydrogen-bond acceptors (Lipinski definition) is 5. The van der Waals surface area contributed by atoms with Crippen molar-refractivity contribution in [2.75, 3.05) is 39.3 Å². The highest BCUT2D eigenvalue weighted by molar-refractivity contribution is 5.92. The monoisotopic (exact) mass is 405 g/mol. The van der Waals surface area contributed by atoms with Gasteiger partial charge in [0.2, 0.25) is 11.8 Å². The minimum absolute atomic E-state index is 0.124. The number of ether oxygens (including phenoxy) is 1. The van der Waals surface area contributed by atoms with E-state index >= 15 is 0 Å². The summed E-state index contributed by atoms with van der Waals surface area (Å²) < 4.78 is 5.73. The van der Waals surface area contributed by atoms with Crippen LogP contribution in [0.5, 0.6) is 5.75 Å². The smallest absolute Gasteiger partial charge is 0.290 e. The number of carboxylic acid groups (broad SMARTS) is 1. The molecule has 160 valence electrons. The van der Waals surface area contributed by atoms with Gasteiger partial charge < -0.3 is 25.4 Å². The zero-order chi connectivity index (χ0) is 21.3. The average molecular weight is 405 g/mol. The number of likely N-dealkylation sites (tertiary alicyclic amines) is 2. The Labute approximate surface area is 171 Å². The molecular weight excluding hydrogens is 374 g/mol. The highest BCUT2D eigenvalue weighted by atomic mass is 16.5. The van der Waals surface area contributed by atoms with E-state index in [1.54, 1.807) is 24.3 Å². The highest BCUT2D eigenvalue weighted by Gasteiger charge is 2.49. The average Bonchev–Trinajstić information content (AvgIpc) is 3.26. The van der Waals surface area contributed by atoms with Gasteiger partial charge in [-0.15, -0.1) is 0 Å². The number of nitrogens with two attached hydrogens (primary N) is 1. The van der Waals surface area contributed by atoms with Crippen molar-refractivity contribution < 1.29 is 24.2 Å². The SMILES string of the molecule is CCCN1CCC2(CCN(CCCOc3ccc(C(N)=O)cc3)C2)C1=O.O=CO. The van der Waals surface area contributed by atoms with Gasteiger partial charge >= 0.3 is 0 Å². The number of benzene rings is 1. The molecule has 0 aromatic heterocycles. The molecule has 0 aliphatic carbocycles. The van der Waals surface area contributed by atoms with E-state index in [-0.39, 0.29) is 11.9 Å². The molecule has 3 rings (SSSR count). The number of nitrogens with zero attached hydrogens (tertiary/aromatic N) is 2. The molecule has 1 atom stereocenters. The third kappa shape index (κ3) is 5.93. The molecule has 1 aromatic rings. The summed E-state index contributed by atoms with van der Waals surface area (Å²) in [5.74, 6) is 0.681. The van der Waals surface area contributed by atoms with Crippen molar-refractivity contribution in [1.29, 1.82) is 0 Å².